The minimum Gasteiger partial charge on any atom is -0.361 e. The van der Waals surface area contributed by atoms with E-state index >= 15 is 0 Å². The number of rotatable bonds is 5. The average molecular weight is 225 g/mol. The monoisotopic (exact) mass is 225 g/mol. The maximum Gasteiger partial charge on any atom is 0.224 e. The summed E-state index contributed by atoms with van der Waals surface area (Å²) in [7, 11) is 3.95. The smallest absolute Gasteiger partial charge is 0.224 e. The Morgan fingerprint density at radius 1 is 1.44 bits per heavy atom. The summed E-state index contributed by atoms with van der Waals surface area (Å²) in [5.41, 5.74) is 1.68. The van der Waals surface area contributed by atoms with Gasteiger partial charge in [0, 0.05) is 18.7 Å². The Hall–Kier alpha value is -1.36. The van der Waals surface area contributed by atoms with Gasteiger partial charge < -0.3 is 14.7 Å². The van der Waals surface area contributed by atoms with Crippen molar-refractivity contribution in [1.29, 1.82) is 0 Å². The van der Waals surface area contributed by atoms with Crippen LogP contribution < -0.4 is 5.32 Å². The molecule has 1 N–H and O–H groups in total. The number of hydrogen-bond donors (Lipinski definition) is 1. The highest BCUT2D eigenvalue weighted by molar-refractivity contribution is 5.78. The minimum atomic E-state index is 0.0104. The molecule has 0 spiro atoms. The van der Waals surface area contributed by atoms with Crippen LogP contribution in [0.25, 0.3) is 0 Å². The number of likely N-dealkylation sites (N-methyl/N-ethyl adjacent to an activating group) is 1. The van der Waals surface area contributed by atoms with Crippen LogP contribution in [0.1, 0.15) is 17.0 Å². The largest absolute Gasteiger partial charge is 0.361 e. The first-order valence-corrected chi connectivity index (χ1v) is 5.34. The van der Waals surface area contributed by atoms with Gasteiger partial charge in [-0.1, -0.05) is 5.16 Å². The van der Waals surface area contributed by atoms with Gasteiger partial charge in [0.15, 0.2) is 0 Å². The molecule has 0 saturated carbocycles. The highest BCUT2D eigenvalue weighted by atomic mass is 16.5. The molecule has 0 saturated heterocycles. The zero-order valence-corrected chi connectivity index (χ0v) is 10.3. The Bertz CT molecular complexity index is 339. The summed E-state index contributed by atoms with van der Waals surface area (Å²) in [6, 6.07) is 0. The Kier molecular flexibility index (Phi) is 4.49. The van der Waals surface area contributed by atoms with E-state index in [1.54, 1.807) is 0 Å². The van der Waals surface area contributed by atoms with Gasteiger partial charge >= 0.3 is 0 Å². The van der Waals surface area contributed by atoms with E-state index in [0.717, 1.165) is 23.6 Å². The summed E-state index contributed by atoms with van der Waals surface area (Å²) >= 11 is 0. The zero-order chi connectivity index (χ0) is 12.1. The molecule has 1 aromatic rings. The summed E-state index contributed by atoms with van der Waals surface area (Å²) in [6.07, 6.45) is 0.342. The van der Waals surface area contributed by atoms with Crippen LogP contribution in [-0.2, 0) is 11.2 Å². The molecule has 0 fully saturated rings. The van der Waals surface area contributed by atoms with Crippen molar-refractivity contribution in [3.63, 3.8) is 0 Å². The van der Waals surface area contributed by atoms with E-state index in [1.165, 1.54) is 0 Å². The second-order valence-corrected chi connectivity index (χ2v) is 4.13. The van der Waals surface area contributed by atoms with Crippen LogP contribution in [0.5, 0.6) is 0 Å². The Balaban J connectivity index is 2.40. The molecule has 1 aromatic heterocycles. The lowest BCUT2D eigenvalue weighted by Gasteiger charge is -2.10. The van der Waals surface area contributed by atoms with Crippen LogP contribution in [0.15, 0.2) is 4.52 Å². The van der Waals surface area contributed by atoms with E-state index < -0.39 is 0 Å². The molecule has 90 valence electrons. The number of hydrogen-bond acceptors (Lipinski definition) is 4. The fraction of sp³-hybridized carbons (Fsp3) is 0.636. The maximum atomic E-state index is 11.6. The Morgan fingerprint density at radius 2 is 2.12 bits per heavy atom. The lowest BCUT2D eigenvalue weighted by Crippen LogP contribution is -2.32. The fourth-order valence-corrected chi connectivity index (χ4v) is 1.40. The van der Waals surface area contributed by atoms with Gasteiger partial charge in [-0.3, -0.25) is 4.79 Å². The first kappa shape index (κ1) is 12.7. The molecule has 0 aliphatic rings. The van der Waals surface area contributed by atoms with Gasteiger partial charge in [-0.2, -0.15) is 0 Å². The van der Waals surface area contributed by atoms with Crippen molar-refractivity contribution in [2.24, 2.45) is 0 Å². The molecule has 0 radical (unpaired) electrons. The molecule has 0 atom stereocenters. The van der Waals surface area contributed by atoms with Gasteiger partial charge in [-0.15, -0.1) is 0 Å². The SMILES string of the molecule is Cc1noc(C)c1CC(=O)NCCN(C)C. The molecular weight excluding hydrogens is 206 g/mol. The highest BCUT2D eigenvalue weighted by Crippen LogP contribution is 2.12. The van der Waals surface area contributed by atoms with Gasteiger partial charge in [0.25, 0.3) is 0 Å². The molecule has 5 nitrogen and oxygen atoms in total. The summed E-state index contributed by atoms with van der Waals surface area (Å²) in [5.74, 6) is 0.733. The summed E-state index contributed by atoms with van der Waals surface area (Å²) in [6.45, 7) is 5.17. The van der Waals surface area contributed by atoms with Crippen molar-refractivity contribution in [1.82, 2.24) is 15.4 Å². The molecular formula is C11H19N3O2. The first-order valence-electron chi connectivity index (χ1n) is 5.34. The van der Waals surface area contributed by atoms with Gasteiger partial charge in [-0.25, -0.2) is 0 Å². The van der Waals surface area contributed by atoms with E-state index in [2.05, 4.69) is 10.5 Å². The van der Waals surface area contributed by atoms with Gasteiger partial charge in [0.05, 0.1) is 12.1 Å². The maximum absolute atomic E-state index is 11.6. The molecule has 1 rings (SSSR count). The standard InChI is InChI=1S/C11H19N3O2/c1-8-10(9(2)16-13-8)7-11(15)12-5-6-14(3)4/h5-7H2,1-4H3,(H,12,15). The minimum absolute atomic E-state index is 0.0104. The number of aryl methyl sites for hydroxylation is 2. The third-order valence-corrected chi connectivity index (χ3v) is 2.40. The molecule has 0 aliphatic heterocycles. The first-order chi connectivity index (χ1) is 7.50. The lowest BCUT2D eigenvalue weighted by atomic mass is 10.1. The van der Waals surface area contributed by atoms with Crippen molar-refractivity contribution >= 4 is 5.91 Å². The van der Waals surface area contributed by atoms with Crippen molar-refractivity contribution in [2.45, 2.75) is 20.3 Å². The van der Waals surface area contributed by atoms with E-state index in [4.69, 9.17) is 4.52 Å². The number of carbonyl (C=O) groups excluding carboxylic acids is 1. The molecule has 0 unspecified atom stereocenters. The summed E-state index contributed by atoms with van der Waals surface area (Å²) < 4.78 is 5.00. The van der Waals surface area contributed by atoms with E-state index in [-0.39, 0.29) is 5.91 Å². The molecule has 0 aliphatic carbocycles. The third-order valence-electron chi connectivity index (χ3n) is 2.40. The normalized spacial score (nSPS) is 10.8. The summed E-state index contributed by atoms with van der Waals surface area (Å²) in [4.78, 5) is 13.6. The highest BCUT2D eigenvalue weighted by Gasteiger charge is 2.12. The molecule has 1 heterocycles. The number of carbonyl (C=O) groups is 1. The molecule has 0 bridgehead atoms. The predicted molar refractivity (Wildman–Crippen MR) is 61.2 cm³/mol. The van der Waals surface area contributed by atoms with Crippen molar-refractivity contribution in [3.8, 4) is 0 Å². The zero-order valence-electron chi connectivity index (χ0n) is 10.3. The molecule has 1 amide bonds. The number of aromatic nitrogens is 1. The van der Waals surface area contributed by atoms with Crippen LogP contribution in [0.2, 0.25) is 0 Å². The number of nitrogens with zero attached hydrogens (tertiary/aromatic N) is 2. The van der Waals surface area contributed by atoms with Crippen LogP contribution in [-0.4, -0.2) is 43.1 Å². The van der Waals surface area contributed by atoms with Gasteiger partial charge in [0.2, 0.25) is 5.91 Å². The van der Waals surface area contributed by atoms with Crippen LogP contribution in [0, 0.1) is 13.8 Å². The van der Waals surface area contributed by atoms with Gasteiger partial charge in [0.1, 0.15) is 5.76 Å². The van der Waals surface area contributed by atoms with E-state index in [1.807, 2.05) is 32.8 Å². The molecule has 0 aromatic carbocycles. The van der Waals surface area contributed by atoms with Crippen LogP contribution in [0.3, 0.4) is 0 Å². The number of amides is 1. The number of nitrogens with one attached hydrogen (secondary N) is 1. The van der Waals surface area contributed by atoms with Crippen molar-refractivity contribution < 1.29 is 9.32 Å². The van der Waals surface area contributed by atoms with Crippen molar-refractivity contribution in [3.05, 3.63) is 17.0 Å². The van der Waals surface area contributed by atoms with Crippen LogP contribution >= 0.6 is 0 Å². The Labute approximate surface area is 95.8 Å². The van der Waals surface area contributed by atoms with Gasteiger partial charge in [-0.05, 0) is 27.9 Å². The Morgan fingerprint density at radius 3 is 2.62 bits per heavy atom. The quantitative estimate of drug-likeness (QED) is 0.793. The predicted octanol–water partition coefficient (Wildman–Crippen LogP) is 0.512. The van der Waals surface area contributed by atoms with Crippen LogP contribution in [0.4, 0.5) is 0 Å². The fourth-order valence-electron chi connectivity index (χ4n) is 1.40. The third kappa shape index (κ3) is 3.66. The molecule has 5 heteroatoms. The summed E-state index contributed by atoms with van der Waals surface area (Å²) in [5, 5.41) is 6.67. The van der Waals surface area contributed by atoms with E-state index in [9.17, 15) is 4.79 Å². The average Bonchev–Trinajstić information content (AvgIpc) is 2.49. The van der Waals surface area contributed by atoms with Crippen molar-refractivity contribution in [2.75, 3.05) is 27.2 Å². The van der Waals surface area contributed by atoms with E-state index in [0.29, 0.717) is 13.0 Å². The second-order valence-electron chi connectivity index (χ2n) is 4.13. The topological polar surface area (TPSA) is 58.4 Å². The lowest BCUT2D eigenvalue weighted by molar-refractivity contribution is -0.120. The molecule has 16 heavy (non-hydrogen) atoms. The second kappa shape index (κ2) is 5.65.